The van der Waals surface area contributed by atoms with Crippen molar-refractivity contribution in [1.82, 2.24) is 0 Å². The smallest absolute Gasteiger partial charge is 0.550 e. The quantitative estimate of drug-likeness (QED) is 0.0334. The Hall–Kier alpha value is -1.50. The predicted molar refractivity (Wildman–Crippen MR) is 302 cm³/mol. The largest absolute Gasteiger partial charge is 2.00 e. The van der Waals surface area contributed by atoms with Crippen molar-refractivity contribution in [2.45, 2.75) is 387 Å². The van der Waals surface area contributed by atoms with Crippen molar-refractivity contribution in [3.8, 4) is 0 Å². The second-order valence-electron chi connectivity index (χ2n) is 22.0. The molecule has 0 aromatic rings. The fourth-order valence-electron chi connectivity index (χ4n) is 9.91. The van der Waals surface area contributed by atoms with Gasteiger partial charge < -0.3 is 29.3 Å². The van der Waals surface area contributed by atoms with Crippen LogP contribution in [0, 0.1) is 0 Å². The Bertz CT molecular complexity index is 1050. The zero-order valence-electron chi connectivity index (χ0n) is 49.3. The van der Waals surface area contributed by atoms with E-state index in [4.69, 9.17) is 9.47 Å². The summed E-state index contributed by atoms with van der Waals surface area (Å²) in [6.07, 6.45) is 61.3. The third kappa shape index (κ3) is 66.6. The standard InChI is InChI=1S/2C32H62O4.Zn/c2*1-3-5-7-9-11-13-15-16-18-19-21-23-25-27-30(29-31(33)34)36-32(35)28-26-24-22-20-17-14-12-10-8-6-4-2;/h2*30H,3-29H2,1-2H3,(H,33,34);/q;;+2/p-2. The maximum absolute atomic E-state index is 12.2. The van der Waals surface area contributed by atoms with Gasteiger partial charge in [-0.25, -0.2) is 0 Å². The molecule has 2 unspecified atom stereocenters. The minimum atomic E-state index is -1.13. The van der Waals surface area contributed by atoms with E-state index in [1.165, 1.54) is 257 Å². The molecule has 8 nitrogen and oxygen atoms in total. The number of hydrogen-bond acceptors (Lipinski definition) is 8. The fraction of sp³-hybridized carbons (Fsp3) is 0.938. The minimum Gasteiger partial charge on any atom is -0.550 e. The van der Waals surface area contributed by atoms with Gasteiger partial charge in [0.05, 0.1) is 0 Å². The molecule has 0 aliphatic rings. The summed E-state index contributed by atoms with van der Waals surface area (Å²) in [7, 11) is 0. The van der Waals surface area contributed by atoms with Crippen LogP contribution in [0.5, 0.6) is 0 Å². The molecule has 73 heavy (non-hydrogen) atoms. The van der Waals surface area contributed by atoms with Crippen LogP contribution in [0.1, 0.15) is 374 Å². The van der Waals surface area contributed by atoms with Gasteiger partial charge in [-0.3, -0.25) is 9.59 Å². The van der Waals surface area contributed by atoms with Gasteiger partial charge in [0.15, 0.2) is 0 Å². The average molecular weight is 1090 g/mol. The zero-order valence-corrected chi connectivity index (χ0v) is 52.3. The second-order valence-corrected chi connectivity index (χ2v) is 22.0. The SMILES string of the molecule is CCCCCCCCCCCCCCCC(CC(=O)[O-])OC(=O)CCCCCCCCCCCCC.CCCCCCCCCCCCCCCC(CC(=O)[O-])OC(=O)CCCCCCCCCCCCC.[Zn+2]. The van der Waals surface area contributed by atoms with E-state index < -0.39 is 24.1 Å². The molecule has 428 valence electrons. The summed E-state index contributed by atoms with van der Waals surface area (Å²) in [5, 5.41) is 22.2. The van der Waals surface area contributed by atoms with Crippen molar-refractivity contribution in [2.24, 2.45) is 0 Å². The Balaban J connectivity index is -0.00000132. The molecule has 0 aliphatic carbocycles. The summed E-state index contributed by atoms with van der Waals surface area (Å²) in [5.74, 6) is -2.74. The molecule has 0 bridgehead atoms. The van der Waals surface area contributed by atoms with Crippen molar-refractivity contribution in [3.63, 3.8) is 0 Å². The molecule has 0 heterocycles. The van der Waals surface area contributed by atoms with Crippen LogP contribution in [0.4, 0.5) is 0 Å². The Morgan fingerprint density at radius 1 is 0.274 bits per heavy atom. The Kier molecular flexibility index (Phi) is 67.2. The first-order chi connectivity index (χ1) is 35.2. The number of esters is 2. The summed E-state index contributed by atoms with van der Waals surface area (Å²) in [6, 6.07) is 0. The molecule has 0 saturated heterocycles. The van der Waals surface area contributed by atoms with E-state index >= 15 is 0 Å². The van der Waals surface area contributed by atoms with Gasteiger partial charge in [0.25, 0.3) is 0 Å². The third-order valence-electron chi connectivity index (χ3n) is 14.6. The topological polar surface area (TPSA) is 133 Å². The first-order valence-corrected chi connectivity index (χ1v) is 32.0. The van der Waals surface area contributed by atoms with Gasteiger partial charge in [-0.05, 0) is 38.5 Å². The van der Waals surface area contributed by atoms with Crippen LogP contribution in [0.15, 0.2) is 0 Å². The summed E-state index contributed by atoms with van der Waals surface area (Å²) in [4.78, 5) is 46.6. The van der Waals surface area contributed by atoms with Gasteiger partial charge in [-0.2, -0.15) is 0 Å². The number of ether oxygens (including phenoxy) is 2. The molecule has 9 heteroatoms. The second kappa shape index (κ2) is 64.8. The molecular formula is C64H122O8Zn. The van der Waals surface area contributed by atoms with Crippen molar-refractivity contribution in [1.29, 1.82) is 0 Å². The zero-order chi connectivity index (χ0) is 53.1. The van der Waals surface area contributed by atoms with Crippen molar-refractivity contribution in [2.75, 3.05) is 0 Å². The number of carbonyl (C=O) groups is 4. The van der Waals surface area contributed by atoms with Gasteiger partial charge in [0.1, 0.15) is 12.2 Å². The van der Waals surface area contributed by atoms with E-state index in [1.807, 2.05) is 0 Å². The summed E-state index contributed by atoms with van der Waals surface area (Å²) >= 11 is 0. The van der Waals surface area contributed by atoms with Crippen LogP contribution in [-0.2, 0) is 48.1 Å². The normalized spacial score (nSPS) is 11.9. The number of unbranched alkanes of at least 4 members (excludes halogenated alkanes) is 44. The van der Waals surface area contributed by atoms with Gasteiger partial charge in [0.2, 0.25) is 0 Å². The molecule has 0 rings (SSSR count). The number of carbonyl (C=O) groups excluding carboxylic acids is 4. The summed E-state index contributed by atoms with van der Waals surface area (Å²) in [6.45, 7) is 9.02. The molecular weight excluding hydrogens is 962 g/mol. The first kappa shape index (κ1) is 75.7. The van der Waals surface area contributed by atoms with Gasteiger partial charge in [-0.1, -0.05) is 310 Å². The van der Waals surface area contributed by atoms with Gasteiger partial charge in [0, 0.05) is 37.6 Å². The van der Waals surface area contributed by atoms with E-state index in [2.05, 4.69) is 27.7 Å². The molecule has 0 saturated carbocycles. The predicted octanol–water partition coefficient (Wildman–Crippen LogP) is 18.4. The number of aliphatic carboxylic acids is 2. The Labute approximate surface area is 466 Å². The summed E-state index contributed by atoms with van der Waals surface area (Å²) < 4.78 is 11.0. The average Bonchev–Trinajstić information content (AvgIpc) is 3.35. The minimum absolute atomic E-state index is 0. The maximum atomic E-state index is 12.2. The van der Waals surface area contributed by atoms with E-state index in [-0.39, 0.29) is 44.3 Å². The van der Waals surface area contributed by atoms with Crippen LogP contribution in [0.2, 0.25) is 0 Å². The molecule has 0 N–H and O–H groups in total. The van der Waals surface area contributed by atoms with Crippen LogP contribution >= 0.6 is 0 Å². The molecule has 0 aromatic heterocycles. The first-order valence-electron chi connectivity index (χ1n) is 32.0. The van der Waals surface area contributed by atoms with Crippen LogP contribution in [0.3, 0.4) is 0 Å². The Morgan fingerprint density at radius 3 is 0.616 bits per heavy atom. The van der Waals surface area contributed by atoms with Crippen molar-refractivity contribution >= 4 is 23.9 Å². The van der Waals surface area contributed by atoms with Crippen LogP contribution < -0.4 is 10.2 Å². The molecule has 0 spiro atoms. The monoisotopic (exact) mass is 1080 g/mol. The summed E-state index contributed by atoms with van der Waals surface area (Å²) in [5.41, 5.74) is 0. The molecule has 0 radical (unpaired) electrons. The number of carboxylic acid groups (broad SMARTS) is 2. The van der Waals surface area contributed by atoms with Crippen LogP contribution in [-0.4, -0.2) is 36.1 Å². The number of rotatable bonds is 58. The van der Waals surface area contributed by atoms with Crippen molar-refractivity contribution in [3.05, 3.63) is 0 Å². The number of carboxylic acids is 2. The fourth-order valence-corrected chi connectivity index (χ4v) is 9.91. The van der Waals surface area contributed by atoms with Crippen molar-refractivity contribution < 1.29 is 58.3 Å². The van der Waals surface area contributed by atoms with E-state index in [0.717, 1.165) is 51.4 Å². The van der Waals surface area contributed by atoms with E-state index in [0.29, 0.717) is 25.7 Å². The third-order valence-corrected chi connectivity index (χ3v) is 14.6. The van der Waals surface area contributed by atoms with E-state index in [9.17, 15) is 29.4 Å². The molecule has 0 aromatic carbocycles. The van der Waals surface area contributed by atoms with Crippen LogP contribution in [0.25, 0.3) is 0 Å². The van der Waals surface area contributed by atoms with E-state index in [1.54, 1.807) is 0 Å². The maximum Gasteiger partial charge on any atom is 2.00 e. The molecule has 0 aliphatic heterocycles. The molecule has 2 atom stereocenters. The number of hydrogen-bond donors (Lipinski definition) is 0. The molecule has 0 amide bonds. The van der Waals surface area contributed by atoms with Gasteiger partial charge in [-0.15, -0.1) is 0 Å². The molecule has 0 fully saturated rings. The Morgan fingerprint density at radius 2 is 0.438 bits per heavy atom. The van der Waals surface area contributed by atoms with Gasteiger partial charge >= 0.3 is 31.4 Å².